The van der Waals surface area contributed by atoms with Crippen LogP contribution in [0, 0.1) is 0 Å². The summed E-state index contributed by atoms with van der Waals surface area (Å²) < 4.78 is 10.8. The Labute approximate surface area is 150 Å². The van der Waals surface area contributed by atoms with Crippen LogP contribution in [0.2, 0.25) is 0 Å². The second-order valence-electron chi connectivity index (χ2n) is 5.84. The Kier molecular flexibility index (Phi) is 8.73. The molecule has 0 aliphatic carbocycles. The van der Waals surface area contributed by atoms with Crippen LogP contribution in [-0.4, -0.2) is 25.7 Å². The van der Waals surface area contributed by atoms with Gasteiger partial charge in [0.1, 0.15) is 0 Å². The quantitative estimate of drug-likeness (QED) is 0.623. The highest BCUT2D eigenvalue weighted by Crippen LogP contribution is 2.13. The van der Waals surface area contributed by atoms with Crippen LogP contribution in [0.5, 0.6) is 0 Å². The molecule has 0 unspecified atom stereocenters. The molecule has 4 nitrogen and oxygen atoms in total. The molecule has 0 radical (unpaired) electrons. The summed E-state index contributed by atoms with van der Waals surface area (Å²) >= 11 is 0. The van der Waals surface area contributed by atoms with Crippen molar-refractivity contribution in [2.24, 2.45) is 0 Å². The lowest BCUT2D eigenvalue weighted by atomic mass is 10.1. The van der Waals surface area contributed by atoms with Crippen molar-refractivity contribution in [1.29, 1.82) is 0 Å². The lowest BCUT2D eigenvalue weighted by Crippen LogP contribution is -2.11. The monoisotopic (exact) mass is 341 g/mol. The maximum Gasteiger partial charge on any atom is 0.224 e. The molecule has 0 saturated heterocycles. The lowest BCUT2D eigenvalue weighted by Gasteiger charge is -2.08. The highest BCUT2D eigenvalue weighted by Gasteiger charge is 2.04. The number of ether oxygens (including phenoxy) is 2. The molecule has 0 fully saturated rings. The first-order chi connectivity index (χ1) is 12.3. The fourth-order valence-corrected chi connectivity index (χ4v) is 2.51. The van der Waals surface area contributed by atoms with Gasteiger partial charge in [0, 0.05) is 18.7 Å². The number of nitrogens with one attached hydrogen (secondary N) is 1. The van der Waals surface area contributed by atoms with E-state index in [4.69, 9.17) is 9.47 Å². The Hall–Kier alpha value is -2.17. The Morgan fingerprint density at radius 1 is 0.960 bits per heavy atom. The molecule has 2 aromatic rings. The van der Waals surface area contributed by atoms with Gasteiger partial charge in [-0.05, 0) is 43.0 Å². The van der Waals surface area contributed by atoms with Crippen molar-refractivity contribution in [3.63, 3.8) is 0 Å². The first-order valence-corrected chi connectivity index (χ1v) is 8.86. The van der Waals surface area contributed by atoms with Gasteiger partial charge in [-0.25, -0.2) is 0 Å². The van der Waals surface area contributed by atoms with Gasteiger partial charge in [-0.1, -0.05) is 42.5 Å². The summed E-state index contributed by atoms with van der Waals surface area (Å²) in [6.07, 6.45) is 2.28. The molecule has 0 bridgehead atoms. The van der Waals surface area contributed by atoms with Crippen molar-refractivity contribution in [3.8, 4) is 0 Å². The zero-order chi connectivity index (χ0) is 17.7. The average Bonchev–Trinajstić information content (AvgIpc) is 2.63. The molecule has 4 heteroatoms. The first kappa shape index (κ1) is 19.2. The van der Waals surface area contributed by atoms with E-state index in [1.165, 1.54) is 5.56 Å². The Balaban J connectivity index is 1.70. The predicted octanol–water partition coefficient (Wildman–Crippen LogP) is 4.20. The van der Waals surface area contributed by atoms with Gasteiger partial charge in [-0.2, -0.15) is 0 Å². The van der Waals surface area contributed by atoms with E-state index in [9.17, 15) is 4.79 Å². The van der Waals surface area contributed by atoms with Crippen molar-refractivity contribution < 1.29 is 14.3 Å². The third kappa shape index (κ3) is 7.96. The van der Waals surface area contributed by atoms with Crippen LogP contribution in [-0.2, 0) is 27.3 Å². The maximum atomic E-state index is 12.1. The Morgan fingerprint density at radius 3 is 2.52 bits per heavy atom. The standard InChI is InChI=1S/C21H27NO3/c1-2-24-14-15-25-17-19-11-6-12-20(16-19)22-21(23)13-7-10-18-8-4-3-5-9-18/h3-6,8-9,11-12,16H,2,7,10,13-15,17H2,1H3,(H,22,23). The van der Waals surface area contributed by atoms with Gasteiger partial charge in [0.15, 0.2) is 0 Å². The van der Waals surface area contributed by atoms with Gasteiger partial charge in [0.25, 0.3) is 0 Å². The van der Waals surface area contributed by atoms with Crippen molar-refractivity contribution in [3.05, 3.63) is 65.7 Å². The molecule has 1 N–H and O–H groups in total. The molecular formula is C21H27NO3. The van der Waals surface area contributed by atoms with Crippen LogP contribution in [0.25, 0.3) is 0 Å². The number of hydrogen-bond donors (Lipinski definition) is 1. The molecule has 2 aromatic carbocycles. The third-order valence-corrected chi connectivity index (χ3v) is 3.77. The summed E-state index contributed by atoms with van der Waals surface area (Å²) in [6, 6.07) is 18.0. The van der Waals surface area contributed by atoms with Gasteiger partial charge < -0.3 is 14.8 Å². The molecule has 134 valence electrons. The second kappa shape index (κ2) is 11.4. The van der Waals surface area contributed by atoms with E-state index in [0.29, 0.717) is 32.8 Å². The minimum absolute atomic E-state index is 0.0466. The van der Waals surface area contributed by atoms with E-state index in [2.05, 4.69) is 17.4 Å². The Bertz CT molecular complexity index is 628. The predicted molar refractivity (Wildman–Crippen MR) is 101 cm³/mol. The third-order valence-electron chi connectivity index (χ3n) is 3.77. The SMILES string of the molecule is CCOCCOCc1cccc(NC(=O)CCCc2ccccc2)c1. The number of aryl methyl sites for hydroxylation is 1. The summed E-state index contributed by atoms with van der Waals surface area (Å²) in [5, 5.41) is 2.96. The summed E-state index contributed by atoms with van der Waals surface area (Å²) in [5.74, 6) is 0.0466. The molecule has 0 aromatic heterocycles. The fourth-order valence-electron chi connectivity index (χ4n) is 2.51. The molecule has 0 heterocycles. The largest absolute Gasteiger partial charge is 0.379 e. The minimum atomic E-state index is 0.0466. The van der Waals surface area contributed by atoms with E-state index in [0.717, 1.165) is 24.1 Å². The highest BCUT2D eigenvalue weighted by molar-refractivity contribution is 5.90. The summed E-state index contributed by atoms with van der Waals surface area (Å²) in [4.78, 5) is 12.1. The summed E-state index contributed by atoms with van der Waals surface area (Å²) in [7, 11) is 0. The minimum Gasteiger partial charge on any atom is -0.379 e. The molecule has 0 saturated carbocycles. The topological polar surface area (TPSA) is 47.6 Å². The van der Waals surface area contributed by atoms with Crippen molar-refractivity contribution in [2.45, 2.75) is 32.8 Å². The van der Waals surface area contributed by atoms with Gasteiger partial charge in [-0.3, -0.25) is 4.79 Å². The van der Waals surface area contributed by atoms with Crippen LogP contribution in [0.3, 0.4) is 0 Å². The van der Waals surface area contributed by atoms with Crippen molar-refractivity contribution in [1.82, 2.24) is 0 Å². The molecule has 2 rings (SSSR count). The zero-order valence-electron chi connectivity index (χ0n) is 14.9. The van der Waals surface area contributed by atoms with Crippen LogP contribution in [0.1, 0.15) is 30.9 Å². The van der Waals surface area contributed by atoms with Gasteiger partial charge >= 0.3 is 0 Å². The molecular weight excluding hydrogens is 314 g/mol. The maximum absolute atomic E-state index is 12.1. The molecule has 1 amide bonds. The lowest BCUT2D eigenvalue weighted by molar-refractivity contribution is -0.116. The number of rotatable bonds is 11. The smallest absolute Gasteiger partial charge is 0.224 e. The van der Waals surface area contributed by atoms with Crippen LogP contribution in [0.15, 0.2) is 54.6 Å². The summed E-state index contributed by atoms with van der Waals surface area (Å²) in [5.41, 5.74) is 3.12. The zero-order valence-corrected chi connectivity index (χ0v) is 14.9. The molecule has 0 aliphatic heterocycles. The van der Waals surface area contributed by atoms with Crippen LogP contribution < -0.4 is 5.32 Å². The fraction of sp³-hybridized carbons (Fsp3) is 0.381. The van der Waals surface area contributed by atoms with E-state index < -0.39 is 0 Å². The van der Waals surface area contributed by atoms with E-state index in [1.807, 2.05) is 49.4 Å². The first-order valence-electron chi connectivity index (χ1n) is 8.86. The van der Waals surface area contributed by atoms with Crippen LogP contribution >= 0.6 is 0 Å². The number of anilines is 1. The van der Waals surface area contributed by atoms with Gasteiger partial charge in [0.2, 0.25) is 5.91 Å². The molecule has 0 aliphatic rings. The highest BCUT2D eigenvalue weighted by atomic mass is 16.5. The molecule has 0 spiro atoms. The van der Waals surface area contributed by atoms with E-state index in [1.54, 1.807) is 0 Å². The van der Waals surface area contributed by atoms with Crippen LogP contribution in [0.4, 0.5) is 5.69 Å². The number of hydrogen-bond acceptors (Lipinski definition) is 3. The van der Waals surface area contributed by atoms with E-state index >= 15 is 0 Å². The average molecular weight is 341 g/mol. The van der Waals surface area contributed by atoms with E-state index in [-0.39, 0.29) is 5.91 Å². The number of carbonyl (C=O) groups excluding carboxylic acids is 1. The number of amides is 1. The molecule has 25 heavy (non-hydrogen) atoms. The van der Waals surface area contributed by atoms with Gasteiger partial charge in [-0.15, -0.1) is 0 Å². The second-order valence-corrected chi connectivity index (χ2v) is 5.84. The normalized spacial score (nSPS) is 10.6. The number of carbonyl (C=O) groups is 1. The number of benzene rings is 2. The van der Waals surface area contributed by atoms with Crippen molar-refractivity contribution >= 4 is 11.6 Å². The summed E-state index contributed by atoms with van der Waals surface area (Å²) in [6.45, 7) is 4.37. The molecule has 0 atom stereocenters. The Morgan fingerprint density at radius 2 is 1.72 bits per heavy atom. The van der Waals surface area contributed by atoms with Gasteiger partial charge in [0.05, 0.1) is 19.8 Å². The van der Waals surface area contributed by atoms with Crippen molar-refractivity contribution in [2.75, 3.05) is 25.1 Å².